The monoisotopic (exact) mass is 254 g/mol. The molecule has 0 fully saturated rings. The minimum Gasteiger partial charge on any atom is -0.476 e. The van der Waals surface area contributed by atoms with Crippen LogP contribution in [0.25, 0.3) is 0 Å². The second kappa shape index (κ2) is 7.63. The number of nitrogens with one attached hydrogen (secondary N) is 1. The summed E-state index contributed by atoms with van der Waals surface area (Å²) in [6.07, 6.45) is 3.72. The first kappa shape index (κ1) is 14.4. The van der Waals surface area contributed by atoms with Gasteiger partial charge in [-0.3, -0.25) is 4.79 Å². The van der Waals surface area contributed by atoms with Crippen molar-refractivity contribution in [2.75, 3.05) is 6.54 Å². The standard InChI is InChI=1S/C13H19FN2O2/c1-3-4-5-8-16-13(17)10(2)18-11-7-6-9-15-12(11)14/h6-7,9-10H,3-5,8H2,1-2H3,(H,16,17). The first-order valence-electron chi connectivity index (χ1n) is 6.20. The Kier molecular flexibility index (Phi) is 6.11. The van der Waals surface area contributed by atoms with E-state index >= 15 is 0 Å². The summed E-state index contributed by atoms with van der Waals surface area (Å²) in [6, 6.07) is 3.01. The molecule has 1 N–H and O–H groups in total. The van der Waals surface area contributed by atoms with Crippen LogP contribution in [-0.4, -0.2) is 23.5 Å². The molecule has 1 atom stereocenters. The number of unbranched alkanes of at least 4 members (excludes halogenated alkanes) is 2. The number of ether oxygens (including phenoxy) is 1. The lowest BCUT2D eigenvalue weighted by molar-refractivity contribution is -0.127. The highest BCUT2D eigenvalue weighted by Gasteiger charge is 2.16. The Morgan fingerprint density at radius 1 is 1.56 bits per heavy atom. The number of amides is 1. The van der Waals surface area contributed by atoms with Gasteiger partial charge in [0.1, 0.15) is 0 Å². The molecule has 0 aliphatic carbocycles. The SMILES string of the molecule is CCCCCNC(=O)C(C)Oc1cccnc1F. The van der Waals surface area contributed by atoms with Crippen molar-refractivity contribution in [1.82, 2.24) is 10.3 Å². The molecule has 1 amide bonds. The number of hydrogen-bond donors (Lipinski definition) is 1. The predicted octanol–water partition coefficient (Wildman–Crippen LogP) is 2.29. The van der Waals surface area contributed by atoms with Crippen LogP contribution < -0.4 is 10.1 Å². The van der Waals surface area contributed by atoms with E-state index < -0.39 is 12.1 Å². The van der Waals surface area contributed by atoms with Gasteiger partial charge in [0.05, 0.1) is 0 Å². The van der Waals surface area contributed by atoms with Gasteiger partial charge in [-0.15, -0.1) is 0 Å². The maximum Gasteiger partial charge on any atom is 0.260 e. The van der Waals surface area contributed by atoms with Gasteiger partial charge in [-0.1, -0.05) is 19.8 Å². The van der Waals surface area contributed by atoms with Crippen LogP contribution in [0, 0.1) is 5.95 Å². The van der Waals surface area contributed by atoms with Crippen molar-refractivity contribution in [2.45, 2.75) is 39.2 Å². The van der Waals surface area contributed by atoms with E-state index in [0.717, 1.165) is 19.3 Å². The Bertz CT molecular complexity index is 385. The van der Waals surface area contributed by atoms with Crippen molar-refractivity contribution in [3.8, 4) is 5.75 Å². The number of hydrogen-bond acceptors (Lipinski definition) is 3. The number of aromatic nitrogens is 1. The van der Waals surface area contributed by atoms with Gasteiger partial charge in [0.15, 0.2) is 11.9 Å². The van der Waals surface area contributed by atoms with E-state index in [1.54, 1.807) is 13.0 Å². The van der Waals surface area contributed by atoms with Gasteiger partial charge in [-0.2, -0.15) is 4.39 Å². The van der Waals surface area contributed by atoms with Crippen LogP contribution in [0.5, 0.6) is 5.75 Å². The Balaban J connectivity index is 2.38. The molecule has 100 valence electrons. The van der Waals surface area contributed by atoms with E-state index in [1.807, 2.05) is 0 Å². The average molecular weight is 254 g/mol. The summed E-state index contributed by atoms with van der Waals surface area (Å²) < 4.78 is 18.4. The van der Waals surface area contributed by atoms with Crippen LogP contribution in [0.3, 0.4) is 0 Å². The van der Waals surface area contributed by atoms with Crippen LogP contribution in [-0.2, 0) is 4.79 Å². The largest absolute Gasteiger partial charge is 0.476 e. The predicted molar refractivity (Wildman–Crippen MR) is 66.8 cm³/mol. The molecule has 1 unspecified atom stereocenters. The smallest absolute Gasteiger partial charge is 0.260 e. The maximum atomic E-state index is 13.2. The lowest BCUT2D eigenvalue weighted by Gasteiger charge is -2.14. The van der Waals surface area contributed by atoms with Crippen LogP contribution in [0.2, 0.25) is 0 Å². The molecule has 18 heavy (non-hydrogen) atoms. The van der Waals surface area contributed by atoms with Gasteiger partial charge in [-0.25, -0.2) is 4.98 Å². The number of rotatable bonds is 7. The summed E-state index contributed by atoms with van der Waals surface area (Å²) in [5.74, 6) is -0.953. The van der Waals surface area contributed by atoms with Crippen molar-refractivity contribution in [3.05, 3.63) is 24.3 Å². The Labute approximate surface area is 107 Å². The van der Waals surface area contributed by atoms with Crippen molar-refractivity contribution >= 4 is 5.91 Å². The van der Waals surface area contributed by atoms with Gasteiger partial charge < -0.3 is 10.1 Å². The number of nitrogens with zero attached hydrogens (tertiary/aromatic N) is 1. The van der Waals surface area contributed by atoms with Crippen molar-refractivity contribution in [2.24, 2.45) is 0 Å². The van der Waals surface area contributed by atoms with Crippen molar-refractivity contribution in [3.63, 3.8) is 0 Å². The summed E-state index contributed by atoms with van der Waals surface area (Å²) in [6.45, 7) is 4.30. The third-order valence-corrected chi connectivity index (χ3v) is 2.48. The summed E-state index contributed by atoms with van der Waals surface area (Å²) in [5.41, 5.74) is 0. The molecule has 0 aliphatic heterocycles. The van der Waals surface area contributed by atoms with E-state index in [2.05, 4.69) is 17.2 Å². The summed E-state index contributed by atoms with van der Waals surface area (Å²) in [7, 11) is 0. The molecule has 0 aromatic carbocycles. The second-order valence-corrected chi connectivity index (χ2v) is 4.05. The summed E-state index contributed by atoms with van der Waals surface area (Å²) in [5, 5.41) is 2.75. The zero-order valence-corrected chi connectivity index (χ0v) is 10.8. The molecule has 1 rings (SSSR count). The second-order valence-electron chi connectivity index (χ2n) is 4.05. The molecule has 1 aromatic heterocycles. The molecule has 0 spiro atoms. The molecule has 0 radical (unpaired) electrons. The number of carbonyl (C=O) groups is 1. The number of halogens is 1. The highest BCUT2D eigenvalue weighted by molar-refractivity contribution is 5.80. The highest BCUT2D eigenvalue weighted by atomic mass is 19.1. The zero-order chi connectivity index (χ0) is 13.4. The van der Waals surface area contributed by atoms with E-state index in [4.69, 9.17) is 4.74 Å². The summed E-state index contributed by atoms with van der Waals surface area (Å²) in [4.78, 5) is 15.1. The molecular formula is C13H19FN2O2. The lowest BCUT2D eigenvalue weighted by atomic mass is 10.2. The van der Waals surface area contributed by atoms with Crippen molar-refractivity contribution < 1.29 is 13.9 Å². The minimum absolute atomic E-state index is 0.00583. The molecular weight excluding hydrogens is 235 g/mol. The van der Waals surface area contributed by atoms with Gasteiger partial charge in [0.2, 0.25) is 0 Å². The van der Waals surface area contributed by atoms with Crippen molar-refractivity contribution in [1.29, 1.82) is 0 Å². The van der Waals surface area contributed by atoms with E-state index in [-0.39, 0.29) is 11.7 Å². The molecule has 4 nitrogen and oxygen atoms in total. The number of carbonyl (C=O) groups excluding carboxylic acids is 1. The Morgan fingerprint density at radius 3 is 3.00 bits per heavy atom. The molecule has 0 saturated heterocycles. The fraction of sp³-hybridized carbons (Fsp3) is 0.538. The maximum absolute atomic E-state index is 13.2. The average Bonchev–Trinajstić information content (AvgIpc) is 2.37. The van der Waals surface area contributed by atoms with Gasteiger partial charge in [0.25, 0.3) is 11.9 Å². The van der Waals surface area contributed by atoms with E-state index in [9.17, 15) is 9.18 Å². The van der Waals surface area contributed by atoms with Crippen LogP contribution in [0.4, 0.5) is 4.39 Å². The minimum atomic E-state index is -0.731. The normalized spacial score (nSPS) is 11.9. The van der Waals surface area contributed by atoms with Gasteiger partial charge >= 0.3 is 0 Å². The lowest BCUT2D eigenvalue weighted by Crippen LogP contribution is -2.37. The fourth-order valence-corrected chi connectivity index (χ4v) is 1.43. The molecule has 5 heteroatoms. The molecule has 0 bridgehead atoms. The molecule has 0 saturated carbocycles. The van der Waals surface area contributed by atoms with Crippen LogP contribution >= 0.6 is 0 Å². The third-order valence-electron chi connectivity index (χ3n) is 2.48. The first-order chi connectivity index (χ1) is 8.65. The van der Waals surface area contributed by atoms with Gasteiger partial charge in [0, 0.05) is 12.7 Å². The van der Waals surface area contributed by atoms with E-state index in [0.29, 0.717) is 6.54 Å². The Hall–Kier alpha value is -1.65. The summed E-state index contributed by atoms with van der Waals surface area (Å²) >= 11 is 0. The first-order valence-corrected chi connectivity index (χ1v) is 6.20. The Morgan fingerprint density at radius 2 is 2.33 bits per heavy atom. The fourth-order valence-electron chi connectivity index (χ4n) is 1.43. The zero-order valence-electron chi connectivity index (χ0n) is 10.8. The molecule has 1 heterocycles. The molecule has 1 aromatic rings. The topological polar surface area (TPSA) is 51.2 Å². The number of pyridine rings is 1. The molecule has 0 aliphatic rings. The highest BCUT2D eigenvalue weighted by Crippen LogP contribution is 2.14. The third kappa shape index (κ3) is 4.69. The van der Waals surface area contributed by atoms with Gasteiger partial charge in [-0.05, 0) is 25.5 Å². The van der Waals surface area contributed by atoms with Crippen LogP contribution in [0.15, 0.2) is 18.3 Å². The quantitative estimate of drug-likeness (QED) is 0.600. The van der Waals surface area contributed by atoms with Crippen LogP contribution in [0.1, 0.15) is 33.1 Å². The van der Waals surface area contributed by atoms with E-state index in [1.165, 1.54) is 12.3 Å².